The van der Waals surface area contributed by atoms with E-state index in [2.05, 4.69) is 0 Å². The molecule has 1 aromatic rings. The minimum absolute atomic E-state index is 0.0534. The Hall–Kier alpha value is -1.22. The Balaban J connectivity index is 1.98. The summed E-state index contributed by atoms with van der Waals surface area (Å²) in [6.45, 7) is 0. The van der Waals surface area contributed by atoms with Gasteiger partial charge in [-0.05, 0) is 43.5 Å². The number of aliphatic hydroxyl groups excluding tert-OH is 1. The van der Waals surface area contributed by atoms with Crippen molar-refractivity contribution < 1.29 is 9.84 Å². The predicted octanol–water partition coefficient (Wildman–Crippen LogP) is 1.95. The SMILES string of the molecule is Nc1ccc(O[C@H]2CCCC[C@H]2O)cc1. The van der Waals surface area contributed by atoms with E-state index in [4.69, 9.17) is 10.5 Å². The number of aliphatic hydroxyl groups is 1. The molecule has 1 aliphatic rings. The molecule has 0 aromatic heterocycles. The third-order valence-corrected chi connectivity index (χ3v) is 2.84. The lowest BCUT2D eigenvalue weighted by Crippen LogP contribution is -2.34. The number of nitrogens with two attached hydrogens (primary N) is 1. The third-order valence-electron chi connectivity index (χ3n) is 2.84. The highest BCUT2D eigenvalue weighted by molar-refractivity contribution is 5.41. The smallest absolute Gasteiger partial charge is 0.124 e. The van der Waals surface area contributed by atoms with Crippen LogP contribution in [-0.2, 0) is 0 Å². The molecule has 1 fully saturated rings. The zero-order valence-electron chi connectivity index (χ0n) is 8.73. The lowest BCUT2D eigenvalue weighted by atomic mass is 9.95. The minimum atomic E-state index is -0.323. The Labute approximate surface area is 89.9 Å². The molecule has 3 heteroatoms. The zero-order chi connectivity index (χ0) is 10.7. The van der Waals surface area contributed by atoms with Gasteiger partial charge in [-0.3, -0.25) is 0 Å². The second-order valence-electron chi connectivity index (χ2n) is 4.08. The summed E-state index contributed by atoms with van der Waals surface area (Å²) in [4.78, 5) is 0. The summed E-state index contributed by atoms with van der Waals surface area (Å²) in [6.07, 6.45) is 3.64. The number of hydrogen-bond acceptors (Lipinski definition) is 3. The Morgan fingerprint density at radius 1 is 1.13 bits per heavy atom. The standard InChI is InChI=1S/C12H17NO2/c13-9-5-7-10(8-6-9)15-12-4-2-1-3-11(12)14/h5-8,11-12,14H,1-4,13H2/t11-,12+/m1/s1. The van der Waals surface area contributed by atoms with Crippen molar-refractivity contribution in [3.63, 3.8) is 0 Å². The fraction of sp³-hybridized carbons (Fsp3) is 0.500. The quantitative estimate of drug-likeness (QED) is 0.729. The summed E-state index contributed by atoms with van der Waals surface area (Å²) >= 11 is 0. The second-order valence-corrected chi connectivity index (χ2v) is 4.08. The van der Waals surface area contributed by atoms with Crippen molar-refractivity contribution in [1.82, 2.24) is 0 Å². The molecule has 0 bridgehead atoms. The van der Waals surface area contributed by atoms with Crippen LogP contribution in [-0.4, -0.2) is 17.3 Å². The van der Waals surface area contributed by atoms with E-state index in [1.54, 1.807) is 0 Å². The Morgan fingerprint density at radius 3 is 2.47 bits per heavy atom. The minimum Gasteiger partial charge on any atom is -0.488 e. The van der Waals surface area contributed by atoms with E-state index in [-0.39, 0.29) is 12.2 Å². The average Bonchev–Trinajstić information content (AvgIpc) is 2.25. The summed E-state index contributed by atoms with van der Waals surface area (Å²) in [5, 5.41) is 9.74. The molecule has 15 heavy (non-hydrogen) atoms. The number of nitrogen functional groups attached to an aromatic ring is 1. The predicted molar refractivity (Wildman–Crippen MR) is 59.7 cm³/mol. The average molecular weight is 207 g/mol. The number of rotatable bonds is 2. The molecule has 0 heterocycles. The first-order valence-electron chi connectivity index (χ1n) is 5.46. The van der Waals surface area contributed by atoms with E-state index in [0.717, 1.165) is 37.1 Å². The molecule has 1 aliphatic carbocycles. The van der Waals surface area contributed by atoms with Crippen molar-refractivity contribution >= 4 is 5.69 Å². The van der Waals surface area contributed by atoms with Gasteiger partial charge in [-0.25, -0.2) is 0 Å². The van der Waals surface area contributed by atoms with Gasteiger partial charge >= 0.3 is 0 Å². The van der Waals surface area contributed by atoms with Crippen LogP contribution in [0.5, 0.6) is 5.75 Å². The van der Waals surface area contributed by atoms with Crippen LogP contribution in [0.1, 0.15) is 25.7 Å². The zero-order valence-corrected chi connectivity index (χ0v) is 8.73. The van der Waals surface area contributed by atoms with Gasteiger partial charge in [0.15, 0.2) is 0 Å². The summed E-state index contributed by atoms with van der Waals surface area (Å²) in [6, 6.07) is 7.31. The van der Waals surface area contributed by atoms with E-state index in [0.29, 0.717) is 0 Å². The molecule has 2 rings (SSSR count). The summed E-state index contributed by atoms with van der Waals surface area (Å²) in [5.41, 5.74) is 6.31. The van der Waals surface area contributed by atoms with Crippen molar-refractivity contribution in [1.29, 1.82) is 0 Å². The highest BCUT2D eigenvalue weighted by Crippen LogP contribution is 2.24. The van der Waals surface area contributed by atoms with E-state index < -0.39 is 0 Å². The molecule has 0 amide bonds. The molecule has 82 valence electrons. The van der Waals surface area contributed by atoms with Crippen LogP contribution in [0.4, 0.5) is 5.69 Å². The maximum absolute atomic E-state index is 9.74. The summed E-state index contributed by atoms with van der Waals surface area (Å²) < 4.78 is 5.72. The monoisotopic (exact) mass is 207 g/mol. The third kappa shape index (κ3) is 2.63. The van der Waals surface area contributed by atoms with Crippen molar-refractivity contribution in [2.75, 3.05) is 5.73 Å². The van der Waals surface area contributed by atoms with Crippen LogP contribution in [0, 0.1) is 0 Å². The van der Waals surface area contributed by atoms with E-state index in [1.165, 1.54) is 0 Å². The van der Waals surface area contributed by atoms with Crippen LogP contribution in [0.25, 0.3) is 0 Å². The van der Waals surface area contributed by atoms with Crippen molar-refractivity contribution in [2.24, 2.45) is 0 Å². The lowest BCUT2D eigenvalue weighted by Gasteiger charge is -2.28. The van der Waals surface area contributed by atoms with Gasteiger partial charge in [0, 0.05) is 5.69 Å². The fourth-order valence-electron chi connectivity index (χ4n) is 1.94. The van der Waals surface area contributed by atoms with Gasteiger partial charge in [0.1, 0.15) is 11.9 Å². The van der Waals surface area contributed by atoms with Gasteiger partial charge < -0.3 is 15.6 Å². The van der Waals surface area contributed by atoms with E-state index in [9.17, 15) is 5.11 Å². The van der Waals surface area contributed by atoms with Crippen LogP contribution >= 0.6 is 0 Å². The number of ether oxygens (including phenoxy) is 1. The number of anilines is 1. The van der Waals surface area contributed by atoms with Crippen molar-refractivity contribution in [3.8, 4) is 5.75 Å². The fourth-order valence-corrected chi connectivity index (χ4v) is 1.94. The van der Waals surface area contributed by atoms with Crippen LogP contribution in [0.15, 0.2) is 24.3 Å². The molecule has 3 nitrogen and oxygen atoms in total. The molecule has 1 aromatic carbocycles. The molecule has 2 atom stereocenters. The Bertz CT molecular complexity index is 310. The first-order valence-corrected chi connectivity index (χ1v) is 5.46. The topological polar surface area (TPSA) is 55.5 Å². The van der Waals surface area contributed by atoms with Crippen LogP contribution in [0.3, 0.4) is 0 Å². The van der Waals surface area contributed by atoms with Gasteiger partial charge in [0.2, 0.25) is 0 Å². The second kappa shape index (κ2) is 4.53. The maximum Gasteiger partial charge on any atom is 0.124 e. The van der Waals surface area contributed by atoms with Crippen molar-refractivity contribution in [3.05, 3.63) is 24.3 Å². The first-order chi connectivity index (χ1) is 7.25. The number of benzene rings is 1. The molecular formula is C12H17NO2. The van der Waals surface area contributed by atoms with Crippen LogP contribution in [0.2, 0.25) is 0 Å². The van der Waals surface area contributed by atoms with E-state index in [1.807, 2.05) is 24.3 Å². The molecular weight excluding hydrogens is 190 g/mol. The maximum atomic E-state index is 9.74. The largest absolute Gasteiger partial charge is 0.488 e. The molecule has 3 N–H and O–H groups in total. The van der Waals surface area contributed by atoms with Gasteiger partial charge in [-0.1, -0.05) is 6.42 Å². The van der Waals surface area contributed by atoms with Gasteiger partial charge in [-0.15, -0.1) is 0 Å². The summed E-state index contributed by atoms with van der Waals surface area (Å²) in [5.74, 6) is 0.787. The normalized spacial score (nSPS) is 26.2. The van der Waals surface area contributed by atoms with Gasteiger partial charge in [0.25, 0.3) is 0 Å². The van der Waals surface area contributed by atoms with E-state index >= 15 is 0 Å². The van der Waals surface area contributed by atoms with Crippen LogP contribution < -0.4 is 10.5 Å². The molecule has 0 unspecified atom stereocenters. The molecule has 1 saturated carbocycles. The lowest BCUT2D eigenvalue weighted by molar-refractivity contribution is 0.00688. The number of hydrogen-bond donors (Lipinski definition) is 2. The highest BCUT2D eigenvalue weighted by atomic mass is 16.5. The molecule has 0 saturated heterocycles. The van der Waals surface area contributed by atoms with Crippen molar-refractivity contribution in [2.45, 2.75) is 37.9 Å². The first kappa shape index (κ1) is 10.3. The molecule has 0 spiro atoms. The Morgan fingerprint density at radius 2 is 1.80 bits per heavy atom. The molecule has 0 aliphatic heterocycles. The highest BCUT2D eigenvalue weighted by Gasteiger charge is 2.24. The Kier molecular flexibility index (Phi) is 3.11. The van der Waals surface area contributed by atoms with Gasteiger partial charge in [0.05, 0.1) is 6.10 Å². The van der Waals surface area contributed by atoms with Gasteiger partial charge in [-0.2, -0.15) is 0 Å². The summed E-state index contributed by atoms with van der Waals surface area (Å²) in [7, 11) is 0. The molecule has 0 radical (unpaired) electrons.